The molecule has 1 aromatic carbocycles. The van der Waals surface area contributed by atoms with Gasteiger partial charge in [-0.1, -0.05) is 6.07 Å². The molecule has 0 bridgehead atoms. The first-order valence-corrected chi connectivity index (χ1v) is 9.20. The number of benzene rings is 1. The Morgan fingerprint density at radius 1 is 1.16 bits per heavy atom. The Kier molecular flexibility index (Phi) is 8.55. The molecule has 140 valence electrons. The van der Waals surface area contributed by atoms with Crippen LogP contribution in [0.15, 0.2) is 23.2 Å². The van der Waals surface area contributed by atoms with E-state index in [4.69, 9.17) is 9.47 Å². The molecule has 6 heteroatoms. The lowest BCUT2D eigenvalue weighted by Crippen LogP contribution is -2.41. The Morgan fingerprint density at radius 2 is 1.88 bits per heavy atom. The summed E-state index contributed by atoms with van der Waals surface area (Å²) in [5.41, 5.74) is 2.45. The van der Waals surface area contributed by atoms with E-state index in [-0.39, 0.29) is 0 Å². The molecular weight excluding hydrogens is 316 g/mol. The van der Waals surface area contributed by atoms with Crippen molar-refractivity contribution in [2.75, 3.05) is 59.1 Å². The van der Waals surface area contributed by atoms with Crippen LogP contribution >= 0.6 is 0 Å². The Balaban J connectivity index is 1.69. The van der Waals surface area contributed by atoms with Gasteiger partial charge in [0.05, 0.1) is 26.3 Å². The summed E-state index contributed by atoms with van der Waals surface area (Å²) >= 11 is 0. The minimum absolute atomic E-state index is 0.608. The van der Waals surface area contributed by atoms with E-state index in [2.05, 4.69) is 59.5 Å². The van der Waals surface area contributed by atoms with Gasteiger partial charge in [0.2, 0.25) is 0 Å². The van der Waals surface area contributed by atoms with Crippen LogP contribution < -0.4 is 15.4 Å². The average Bonchev–Trinajstić information content (AvgIpc) is 2.59. The minimum Gasteiger partial charge on any atom is -0.492 e. The molecule has 1 fully saturated rings. The molecule has 1 aromatic rings. The number of ether oxygens (including phenoxy) is 2. The lowest BCUT2D eigenvalue weighted by Gasteiger charge is -2.25. The summed E-state index contributed by atoms with van der Waals surface area (Å²) in [6.45, 7) is 13.8. The number of nitrogens with zero attached hydrogens (tertiary/aromatic N) is 2. The Labute approximate surface area is 151 Å². The number of nitrogens with one attached hydrogen (secondary N) is 2. The SMILES string of the molecule is CCNC(=NCCN1CCOCC1)NCCOc1cc(C)cc(C)c1. The highest BCUT2D eigenvalue weighted by Crippen LogP contribution is 2.15. The van der Waals surface area contributed by atoms with Crippen LogP contribution in [-0.4, -0.2) is 69.9 Å². The third-order valence-electron chi connectivity index (χ3n) is 3.99. The zero-order chi connectivity index (χ0) is 17.9. The Bertz CT molecular complexity index is 522. The highest BCUT2D eigenvalue weighted by molar-refractivity contribution is 5.79. The molecule has 2 N–H and O–H groups in total. The first-order chi connectivity index (χ1) is 12.2. The summed E-state index contributed by atoms with van der Waals surface area (Å²) in [4.78, 5) is 7.03. The van der Waals surface area contributed by atoms with Crippen LogP contribution in [0.2, 0.25) is 0 Å². The van der Waals surface area contributed by atoms with E-state index in [0.717, 1.165) is 64.2 Å². The van der Waals surface area contributed by atoms with E-state index in [1.165, 1.54) is 11.1 Å². The second-order valence-electron chi connectivity index (χ2n) is 6.31. The van der Waals surface area contributed by atoms with Crippen molar-refractivity contribution in [3.05, 3.63) is 29.3 Å². The molecule has 0 unspecified atom stereocenters. The Hall–Kier alpha value is -1.79. The molecule has 0 aliphatic carbocycles. The first kappa shape index (κ1) is 19.5. The zero-order valence-electron chi connectivity index (χ0n) is 15.8. The molecule has 0 radical (unpaired) electrons. The third kappa shape index (κ3) is 7.75. The van der Waals surface area contributed by atoms with Crippen LogP contribution in [0.5, 0.6) is 5.75 Å². The van der Waals surface area contributed by atoms with Gasteiger partial charge in [0.15, 0.2) is 5.96 Å². The average molecular weight is 348 g/mol. The lowest BCUT2D eigenvalue weighted by molar-refractivity contribution is 0.0394. The normalized spacial score (nSPS) is 15.9. The lowest BCUT2D eigenvalue weighted by atomic mass is 10.1. The molecule has 1 aliphatic heterocycles. The van der Waals surface area contributed by atoms with Crippen molar-refractivity contribution in [1.82, 2.24) is 15.5 Å². The fourth-order valence-corrected chi connectivity index (χ4v) is 2.82. The van der Waals surface area contributed by atoms with Crippen molar-refractivity contribution in [1.29, 1.82) is 0 Å². The van der Waals surface area contributed by atoms with Crippen LogP contribution in [0.25, 0.3) is 0 Å². The fraction of sp³-hybridized carbons (Fsp3) is 0.632. The molecule has 1 heterocycles. The highest BCUT2D eigenvalue weighted by atomic mass is 16.5. The molecule has 0 atom stereocenters. The van der Waals surface area contributed by atoms with E-state index in [1.54, 1.807) is 0 Å². The molecule has 0 amide bonds. The number of hydrogen-bond acceptors (Lipinski definition) is 4. The van der Waals surface area contributed by atoms with Crippen molar-refractivity contribution < 1.29 is 9.47 Å². The monoisotopic (exact) mass is 348 g/mol. The van der Waals surface area contributed by atoms with E-state index >= 15 is 0 Å². The minimum atomic E-state index is 0.608. The van der Waals surface area contributed by atoms with Gasteiger partial charge < -0.3 is 20.1 Å². The molecule has 1 aliphatic rings. The van der Waals surface area contributed by atoms with Crippen LogP contribution in [0.4, 0.5) is 0 Å². The van der Waals surface area contributed by atoms with Crippen LogP contribution in [0.1, 0.15) is 18.1 Å². The standard InChI is InChI=1S/C19H32N4O2/c1-4-20-19(21-5-7-23-8-11-24-12-9-23)22-6-10-25-18-14-16(2)13-17(3)15-18/h13-15H,4-12H2,1-3H3,(H2,20,21,22). The molecule has 0 aromatic heterocycles. The van der Waals surface area contributed by atoms with E-state index < -0.39 is 0 Å². The predicted molar refractivity (Wildman–Crippen MR) is 103 cm³/mol. The topological polar surface area (TPSA) is 58.1 Å². The number of rotatable bonds is 8. The maximum absolute atomic E-state index is 5.83. The molecule has 0 spiro atoms. The van der Waals surface area contributed by atoms with Gasteiger partial charge in [0, 0.05) is 26.2 Å². The number of aryl methyl sites for hydroxylation is 2. The van der Waals surface area contributed by atoms with Gasteiger partial charge in [-0.25, -0.2) is 0 Å². The number of aliphatic imine (C=N–C) groups is 1. The molecule has 6 nitrogen and oxygen atoms in total. The molecule has 25 heavy (non-hydrogen) atoms. The second kappa shape index (κ2) is 10.9. The zero-order valence-corrected chi connectivity index (χ0v) is 15.8. The van der Waals surface area contributed by atoms with Gasteiger partial charge in [-0.2, -0.15) is 0 Å². The van der Waals surface area contributed by atoms with Gasteiger partial charge in [-0.05, 0) is 44.0 Å². The van der Waals surface area contributed by atoms with Gasteiger partial charge >= 0.3 is 0 Å². The second-order valence-corrected chi connectivity index (χ2v) is 6.31. The van der Waals surface area contributed by atoms with Crippen LogP contribution in [0.3, 0.4) is 0 Å². The van der Waals surface area contributed by atoms with Gasteiger partial charge in [0.25, 0.3) is 0 Å². The van der Waals surface area contributed by atoms with Crippen molar-refractivity contribution in [2.24, 2.45) is 4.99 Å². The van der Waals surface area contributed by atoms with Crippen LogP contribution in [-0.2, 0) is 4.74 Å². The number of hydrogen-bond donors (Lipinski definition) is 2. The maximum atomic E-state index is 5.83. The van der Waals surface area contributed by atoms with Gasteiger partial charge in [-0.15, -0.1) is 0 Å². The summed E-state index contributed by atoms with van der Waals surface area (Å²) in [5.74, 6) is 1.77. The van der Waals surface area contributed by atoms with E-state index in [0.29, 0.717) is 6.61 Å². The smallest absolute Gasteiger partial charge is 0.191 e. The van der Waals surface area contributed by atoms with Crippen molar-refractivity contribution in [3.8, 4) is 5.75 Å². The first-order valence-electron chi connectivity index (χ1n) is 9.20. The molecule has 1 saturated heterocycles. The summed E-state index contributed by atoms with van der Waals surface area (Å²) in [6, 6.07) is 6.28. The van der Waals surface area contributed by atoms with Crippen molar-refractivity contribution in [2.45, 2.75) is 20.8 Å². The quantitative estimate of drug-likeness (QED) is 0.424. The third-order valence-corrected chi connectivity index (χ3v) is 3.99. The molecule has 0 saturated carbocycles. The molecular formula is C19H32N4O2. The fourth-order valence-electron chi connectivity index (χ4n) is 2.82. The van der Waals surface area contributed by atoms with E-state index in [9.17, 15) is 0 Å². The maximum Gasteiger partial charge on any atom is 0.191 e. The number of morpholine rings is 1. The van der Waals surface area contributed by atoms with Crippen molar-refractivity contribution >= 4 is 5.96 Å². The summed E-state index contributed by atoms with van der Waals surface area (Å²) in [5, 5.41) is 6.61. The summed E-state index contributed by atoms with van der Waals surface area (Å²) in [6.07, 6.45) is 0. The number of guanidine groups is 1. The predicted octanol–water partition coefficient (Wildman–Crippen LogP) is 1.57. The van der Waals surface area contributed by atoms with Gasteiger partial charge in [-0.3, -0.25) is 9.89 Å². The van der Waals surface area contributed by atoms with Crippen LogP contribution in [0, 0.1) is 13.8 Å². The Morgan fingerprint density at radius 3 is 2.56 bits per heavy atom. The molecule has 2 rings (SSSR count). The highest BCUT2D eigenvalue weighted by Gasteiger charge is 2.09. The van der Waals surface area contributed by atoms with E-state index in [1.807, 2.05) is 0 Å². The summed E-state index contributed by atoms with van der Waals surface area (Å²) in [7, 11) is 0. The largest absolute Gasteiger partial charge is 0.492 e. The van der Waals surface area contributed by atoms with Crippen molar-refractivity contribution in [3.63, 3.8) is 0 Å². The summed E-state index contributed by atoms with van der Waals surface area (Å²) < 4.78 is 11.2. The van der Waals surface area contributed by atoms with Gasteiger partial charge in [0.1, 0.15) is 12.4 Å².